The molecule has 18 heavy (non-hydrogen) atoms. The third-order valence-corrected chi connectivity index (χ3v) is 3.98. The lowest BCUT2D eigenvalue weighted by Crippen LogP contribution is -2.32. The van der Waals surface area contributed by atoms with E-state index in [-0.39, 0.29) is 0 Å². The number of hydrogen-bond donors (Lipinski definition) is 2. The zero-order valence-electron chi connectivity index (χ0n) is 11.7. The van der Waals surface area contributed by atoms with E-state index < -0.39 is 6.10 Å². The third-order valence-electron chi connectivity index (χ3n) is 3.98. The normalized spacial score (nSPS) is 24.6. The van der Waals surface area contributed by atoms with Gasteiger partial charge in [-0.1, -0.05) is 38.5 Å². The fourth-order valence-corrected chi connectivity index (χ4v) is 3.03. The van der Waals surface area contributed by atoms with Gasteiger partial charge in [-0.2, -0.15) is 0 Å². The van der Waals surface area contributed by atoms with Gasteiger partial charge in [0, 0.05) is 17.3 Å². The maximum Gasteiger partial charge on any atom is 0.0781 e. The van der Waals surface area contributed by atoms with Crippen molar-refractivity contribution in [2.75, 3.05) is 5.32 Å². The van der Waals surface area contributed by atoms with Crippen LogP contribution in [0.15, 0.2) is 24.3 Å². The zero-order valence-corrected chi connectivity index (χ0v) is 11.7. The molecule has 1 aromatic carbocycles. The Balaban J connectivity index is 2.09. The number of aliphatic hydroxyl groups excluding tert-OH is 1. The van der Waals surface area contributed by atoms with Gasteiger partial charge in [0.05, 0.1) is 6.10 Å². The van der Waals surface area contributed by atoms with Crippen molar-refractivity contribution in [2.24, 2.45) is 5.41 Å². The van der Waals surface area contributed by atoms with Gasteiger partial charge in [-0.25, -0.2) is 0 Å². The number of nitrogens with one attached hydrogen (secondary N) is 1. The van der Waals surface area contributed by atoms with Crippen LogP contribution in [-0.2, 0) is 0 Å². The van der Waals surface area contributed by atoms with Gasteiger partial charge in [0.1, 0.15) is 0 Å². The molecule has 0 radical (unpaired) electrons. The molecule has 1 aliphatic rings. The number of aliphatic hydroxyl groups is 1. The summed E-state index contributed by atoms with van der Waals surface area (Å²) < 4.78 is 0. The summed E-state index contributed by atoms with van der Waals surface area (Å²) in [7, 11) is 0. The lowest BCUT2D eigenvalue weighted by Gasteiger charge is -2.36. The Bertz CT molecular complexity index is 398. The lowest BCUT2D eigenvalue weighted by molar-refractivity contribution is 0.199. The Morgan fingerprint density at radius 2 is 2.06 bits per heavy atom. The summed E-state index contributed by atoms with van der Waals surface area (Å²) in [6.45, 7) is 6.52. The molecule has 1 fully saturated rings. The van der Waals surface area contributed by atoms with Gasteiger partial charge in [0.2, 0.25) is 0 Å². The maximum absolute atomic E-state index is 9.80. The van der Waals surface area contributed by atoms with Crippen LogP contribution in [-0.4, -0.2) is 11.1 Å². The van der Waals surface area contributed by atoms with Crippen molar-refractivity contribution in [3.63, 3.8) is 0 Å². The molecule has 0 heterocycles. The fraction of sp³-hybridized carbons (Fsp3) is 0.625. The van der Waals surface area contributed by atoms with Crippen LogP contribution in [0.5, 0.6) is 0 Å². The highest BCUT2D eigenvalue weighted by Gasteiger charge is 2.28. The molecule has 1 saturated carbocycles. The van der Waals surface area contributed by atoms with Gasteiger partial charge in [-0.15, -0.1) is 0 Å². The van der Waals surface area contributed by atoms with Crippen LogP contribution in [0.25, 0.3) is 0 Å². The fourth-order valence-electron chi connectivity index (χ4n) is 3.03. The van der Waals surface area contributed by atoms with E-state index in [1.54, 1.807) is 0 Å². The summed E-state index contributed by atoms with van der Waals surface area (Å²) in [5, 5.41) is 13.4. The SMILES string of the molecule is CC(O)c1ccccc1NC1CCCC(C)(C)C1. The first-order valence-electron chi connectivity index (χ1n) is 7.01. The topological polar surface area (TPSA) is 32.3 Å². The van der Waals surface area contributed by atoms with Crippen molar-refractivity contribution in [2.45, 2.75) is 58.6 Å². The Hall–Kier alpha value is -1.02. The Kier molecular flexibility index (Phi) is 3.96. The van der Waals surface area contributed by atoms with Crippen LogP contribution in [0, 0.1) is 5.41 Å². The monoisotopic (exact) mass is 247 g/mol. The van der Waals surface area contributed by atoms with Crippen LogP contribution in [0.2, 0.25) is 0 Å². The van der Waals surface area contributed by atoms with Gasteiger partial charge in [-0.05, 0) is 37.7 Å². The third kappa shape index (κ3) is 3.26. The van der Waals surface area contributed by atoms with E-state index in [4.69, 9.17) is 0 Å². The number of para-hydroxylation sites is 1. The van der Waals surface area contributed by atoms with Crippen LogP contribution in [0.4, 0.5) is 5.69 Å². The molecule has 1 aromatic rings. The summed E-state index contributed by atoms with van der Waals surface area (Å²) in [4.78, 5) is 0. The molecule has 2 unspecified atom stereocenters. The van der Waals surface area contributed by atoms with Crippen molar-refractivity contribution >= 4 is 5.69 Å². The second kappa shape index (κ2) is 5.31. The largest absolute Gasteiger partial charge is 0.389 e. The smallest absolute Gasteiger partial charge is 0.0781 e. The molecular weight excluding hydrogens is 222 g/mol. The highest BCUT2D eigenvalue weighted by molar-refractivity contribution is 5.52. The predicted molar refractivity (Wildman–Crippen MR) is 76.7 cm³/mol. The molecule has 2 rings (SSSR count). The molecule has 2 atom stereocenters. The van der Waals surface area contributed by atoms with Gasteiger partial charge in [-0.3, -0.25) is 0 Å². The second-order valence-electron chi connectivity index (χ2n) is 6.37. The zero-order chi connectivity index (χ0) is 13.2. The van der Waals surface area contributed by atoms with Gasteiger partial charge in [0.25, 0.3) is 0 Å². The second-order valence-corrected chi connectivity index (χ2v) is 6.37. The average molecular weight is 247 g/mol. The van der Waals surface area contributed by atoms with Crippen molar-refractivity contribution in [1.29, 1.82) is 0 Å². The molecule has 2 N–H and O–H groups in total. The van der Waals surface area contributed by atoms with E-state index in [1.165, 1.54) is 25.7 Å². The van der Waals surface area contributed by atoms with Crippen LogP contribution in [0.3, 0.4) is 0 Å². The molecule has 100 valence electrons. The van der Waals surface area contributed by atoms with Crippen molar-refractivity contribution < 1.29 is 5.11 Å². The summed E-state index contributed by atoms with van der Waals surface area (Å²) in [5.74, 6) is 0. The quantitative estimate of drug-likeness (QED) is 0.842. The first-order valence-corrected chi connectivity index (χ1v) is 7.01. The van der Waals surface area contributed by atoms with E-state index in [0.29, 0.717) is 11.5 Å². The van der Waals surface area contributed by atoms with E-state index in [2.05, 4.69) is 25.2 Å². The molecule has 0 aliphatic heterocycles. The lowest BCUT2D eigenvalue weighted by atomic mass is 9.75. The minimum Gasteiger partial charge on any atom is -0.389 e. The number of rotatable bonds is 3. The molecule has 0 spiro atoms. The van der Waals surface area contributed by atoms with Crippen molar-refractivity contribution in [3.05, 3.63) is 29.8 Å². The predicted octanol–water partition coefficient (Wildman–Crippen LogP) is 4.12. The van der Waals surface area contributed by atoms with Crippen molar-refractivity contribution in [3.8, 4) is 0 Å². The Morgan fingerprint density at radius 3 is 2.72 bits per heavy atom. The first-order chi connectivity index (χ1) is 8.48. The summed E-state index contributed by atoms with van der Waals surface area (Å²) in [5.41, 5.74) is 2.53. The molecule has 2 nitrogen and oxygen atoms in total. The molecule has 0 bridgehead atoms. The standard InChI is InChI=1S/C16H25NO/c1-12(18)14-8-4-5-9-15(14)17-13-7-6-10-16(2,3)11-13/h4-5,8-9,12-13,17-18H,6-7,10-11H2,1-3H3. The summed E-state index contributed by atoms with van der Waals surface area (Å²) >= 11 is 0. The van der Waals surface area contributed by atoms with E-state index >= 15 is 0 Å². The molecule has 0 saturated heterocycles. The maximum atomic E-state index is 9.80. The number of benzene rings is 1. The molecule has 2 heteroatoms. The van der Waals surface area contributed by atoms with E-state index in [9.17, 15) is 5.11 Å². The summed E-state index contributed by atoms with van der Waals surface area (Å²) in [6, 6.07) is 8.62. The highest BCUT2D eigenvalue weighted by atomic mass is 16.3. The van der Waals surface area contributed by atoms with Crippen molar-refractivity contribution in [1.82, 2.24) is 0 Å². The first kappa shape index (κ1) is 13.4. The molecule has 0 aromatic heterocycles. The highest BCUT2D eigenvalue weighted by Crippen LogP contribution is 2.37. The van der Waals surface area contributed by atoms with E-state index in [1.807, 2.05) is 25.1 Å². The average Bonchev–Trinajstić information content (AvgIpc) is 2.28. The van der Waals surface area contributed by atoms with Crippen LogP contribution < -0.4 is 5.32 Å². The van der Waals surface area contributed by atoms with Gasteiger partial charge in [0.15, 0.2) is 0 Å². The Morgan fingerprint density at radius 1 is 1.33 bits per heavy atom. The Labute approximate surface area is 110 Å². The number of hydrogen-bond acceptors (Lipinski definition) is 2. The van der Waals surface area contributed by atoms with Crippen LogP contribution in [0.1, 0.15) is 58.1 Å². The number of anilines is 1. The van der Waals surface area contributed by atoms with Crippen LogP contribution >= 0.6 is 0 Å². The van der Waals surface area contributed by atoms with Gasteiger partial charge < -0.3 is 10.4 Å². The molecular formula is C16H25NO. The molecule has 0 amide bonds. The minimum absolute atomic E-state index is 0.412. The summed E-state index contributed by atoms with van der Waals surface area (Å²) in [6.07, 6.45) is 4.65. The van der Waals surface area contributed by atoms with E-state index in [0.717, 1.165) is 11.3 Å². The molecule has 1 aliphatic carbocycles. The van der Waals surface area contributed by atoms with Gasteiger partial charge >= 0.3 is 0 Å². The minimum atomic E-state index is -0.412.